The Bertz CT molecular complexity index is 1120. The van der Waals surface area contributed by atoms with Gasteiger partial charge in [0.15, 0.2) is 0 Å². The topological polar surface area (TPSA) is 90.2 Å². The van der Waals surface area contributed by atoms with Gasteiger partial charge in [-0.25, -0.2) is 9.97 Å². The first-order valence-corrected chi connectivity index (χ1v) is 9.15. The minimum absolute atomic E-state index is 0.0714. The van der Waals surface area contributed by atoms with Gasteiger partial charge < -0.3 is 10.1 Å². The molecule has 0 fully saturated rings. The van der Waals surface area contributed by atoms with Crippen LogP contribution in [0, 0.1) is 17.0 Å². The SMILES string of the molecule is C=Cc1cc(Cl)c(Cl)c(OC)c1-c1ccnc(Nc2c(C)cccc2[N+](=O)[O-])n1. The summed E-state index contributed by atoms with van der Waals surface area (Å²) >= 11 is 12.5. The van der Waals surface area contributed by atoms with Gasteiger partial charge in [0.1, 0.15) is 16.5 Å². The number of hydrogen-bond acceptors (Lipinski definition) is 6. The lowest BCUT2D eigenvalue weighted by Crippen LogP contribution is -2.03. The third-order valence-electron chi connectivity index (χ3n) is 4.23. The molecule has 1 N–H and O–H groups in total. The minimum Gasteiger partial charge on any atom is -0.494 e. The van der Waals surface area contributed by atoms with Gasteiger partial charge >= 0.3 is 0 Å². The molecule has 3 aromatic rings. The summed E-state index contributed by atoms with van der Waals surface area (Å²) in [5.74, 6) is 0.531. The van der Waals surface area contributed by atoms with Crippen LogP contribution in [0.25, 0.3) is 17.3 Å². The average molecular weight is 431 g/mol. The van der Waals surface area contributed by atoms with Gasteiger partial charge in [-0.1, -0.05) is 48.0 Å². The van der Waals surface area contributed by atoms with E-state index in [9.17, 15) is 10.1 Å². The van der Waals surface area contributed by atoms with E-state index < -0.39 is 4.92 Å². The van der Waals surface area contributed by atoms with Crippen molar-refractivity contribution in [1.82, 2.24) is 9.97 Å². The fourth-order valence-electron chi connectivity index (χ4n) is 2.88. The van der Waals surface area contributed by atoms with E-state index in [0.29, 0.717) is 38.8 Å². The van der Waals surface area contributed by atoms with Crippen LogP contribution in [0.15, 0.2) is 43.1 Å². The third-order valence-corrected chi connectivity index (χ3v) is 5.00. The van der Waals surface area contributed by atoms with Crippen LogP contribution in [-0.4, -0.2) is 22.0 Å². The molecule has 1 aromatic heterocycles. The van der Waals surface area contributed by atoms with Gasteiger partial charge in [-0.2, -0.15) is 0 Å². The molecule has 1 heterocycles. The number of rotatable bonds is 6. The first-order valence-electron chi connectivity index (χ1n) is 8.40. The van der Waals surface area contributed by atoms with Crippen LogP contribution < -0.4 is 10.1 Å². The number of para-hydroxylation sites is 1. The van der Waals surface area contributed by atoms with Crippen LogP contribution >= 0.6 is 23.2 Å². The Morgan fingerprint density at radius 1 is 1.31 bits per heavy atom. The van der Waals surface area contributed by atoms with Crippen molar-refractivity contribution in [3.05, 3.63) is 74.4 Å². The predicted octanol–water partition coefficient (Wildman–Crippen LogP) is 6.06. The number of aryl methyl sites for hydroxylation is 1. The Labute approximate surface area is 177 Å². The molecule has 0 bridgehead atoms. The smallest absolute Gasteiger partial charge is 0.293 e. The number of methoxy groups -OCH3 is 1. The molecule has 0 atom stereocenters. The van der Waals surface area contributed by atoms with Gasteiger partial charge in [0.05, 0.1) is 28.3 Å². The summed E-state index contributed by atoms with van der Waals surface area (Å²) in [6.07, 6.45) is 3.14. The van der Waals surface area contributed by atoms with Gasteiger partial charge in [0, 0.05) is 12.3 Å². The highest BCUT2D eigenvalue weighted by atomic mass is 35.5. The van der Waals surface area contributed by atoms with Gasteiger partial charge in [-0.15, -0.1) is 0 Å². The molecule has 29 heavy (non-hydrogen) atoms. The van der Waals surface area contributed by atoms with E-state index in [1.165, 1.54) is 19.4 Å². The van der Waals surface area contributed by atoms with E-state index in [2.05, 4.69) is 21.9 Å². The van der Waals surface area contributed by atoms with Crippen molar-refractivity contribution in [2.24, 2.45) is 0 Å². The summed E-state index contributed by atoms with van der Waals surface area (Å²) in [4.78, 5) is 19.6. The summed E-state index contributed by atoms with van der Waals surface area (Å²) in [6.45, 7) is 5.57. The standard InChI is InChI=1S/C20H16Cl2N4O3/c1-4-12-10-13(21)17(22)19(29-3)16(12)14-8-9-23-20(24-14)25-18-11(2)6-5-7-15(18)26(27)28/h4-10H,1H2,2-3H3,(H,23,24,25). The van der Waals surface area contributed by atoms with Gasteiger partial charge in [0.25, 0.3) is 5.69 Å². The van der Waals surface area contributed by atoms with Crippen molar-refractivity contribution in [3.63, 3.8) is 0 Å². The zero-order valence-corrected chi connectivity index (χ0v) is 17.1. The first kappa shape index (κ1) is 20.6. The summed E-state index contributed by atoms with van der Waals surface area (Å²) in [5.41, 5.74) is 2.68. The van der Waals surface area contributed by atoms with E-state index in [1.807, 2.05) is 0 Å². The molecule has 148 valence electrons. The van der Waals surface area contributed by atoms with Crippen molar-refractivity contribution in [1.29, 1.82) is 0 Å². The van der Waals surface area contributed by atoms with E-state index >= 15 is 0 Å². The summed E-state index contributed by atoms with van der Waals surface area (Å²) in [7, 11) is 1.48. The summed E-state index contributed by atoms with van der Waals surface area (Å²) in [6, 6.07) is 8.13. The molecule has 0 aliphatic carbocycles. The van der Waals surface area contributed by atoms with E-state index in [0.717, 1.165) is 0 Å². The number of benzene rings is 2. The zero-order valence-electron chi connectivity index (χ0n) is 15.6. The van der Waals surface area contributed by atoms with Crippen molar-refractivity contribution in [2.75, 3.05) is 12.4 Å². The number of anilines is 2. The van der Waals surface area contributed by atoms with Crippen LogP contribution in [0.2, 0.25) is 10.0 Å². The van der Waals surface area contributed by atoms with Crippen LogP contribution in [0.5, 0.6) is 5.75 Å². The predicted molar refractivity (Wildman–Crippen MR) is 115 cm³/mol. The third kappa shape index (κ3) is 4.01. The second-order valence-corrected chi connectivity index (χ2v) is 6.78. The number of nitro benzene ring substituents is 1. The number of halogens is 2. The Morgan fingerprint density at radius 3 is 2.72 bits per heavy atom. The molecule has 7 nitrogen and oxygen atoms in total. The molecule has 0 saturated heterocycles. The summed E-state index contributed by atoms with van der Waals surface area (Å²) in [5, 5.41) is 14.9. The molecule has 0 amide bonds. The first-order chi connectivity index (χ1) is 13.9. The van der Waals surface area contributed by atoms with E-state index in [1.54, 1.807) is 37.3 Å². The number of nitrogens with zero attached hydrogens (tertiary/aromatic N) is 3. The second kappa shape index (κ2) is 8.46. The van der Waals surface area contributed by atoms with Crippen molar-refractivity contribution < 1.29 is 9.66 Å². The van der Waals surface area contributed by atoms with Crippen LogP contribution in [-0.2, 0) is 0 Å². The zero-order chi connectivity index (χ0) is 21.1. The average Bonchev–Trinajstić information content (AvgIpc) is 2.71. The monoisotopic (exact) mass is 430 g/mol. The number of nitrogens with one attached hydrogen (secondary N) is 1. The lowest BCUT2D eigenvalue weighted by atomic mass is 10.0. The largest absolute Gasteiger partial charge is 0.494 e. The minimum atomic E-state index is -0.461. The Kier molecular flexibility index (Phi) is 6.00. The maximum Gasteiger partial charge on any atom is 0.293 e. The Hall–Kier alpha value is -3.16. The number of nitro groups is 1. The highest BCUT2D eigenvalue weighted by molar-refractivity contribution is 6.43. The van der Waals surface area contributed by atoms with Crippen LogP contribution in [0.1, 0.15) is 11.1 Å². The molecular formula is C20H16Cl2N4O3. The van der Waals surface area contributed by atoms with Gasteiger partial charge in [-0.05, 0) is 30.2 Å². The molecule has 0 aliphatic heterocycles. The number of hydrogen-bond donors (Lipinski definition) is 1. The number of ether oxygens (including phenoxy) is 1. The molecule has 0 aliphatic rings. The maximum atomic E-state index is 11.4. The van der Waals surface area contributed by atoms with Gasteiger partial charge in [0.2, 0.25) is 5.95 Å². The molecule has 3 rings (SSSR count). The second-order valence-electron chi connectivity index (χ2n) is 5.99. The molecule has 0 spiro atoms. The van der Waals surface area contributed by atoms with Crippen LogP contribution in [0.4, 0.5) is 17.3 Å². The lowest BCUT2D eigenvalue weighted by molar-refractivity contribution is -0.384. The highest BCUT2D eigenvalue weighted by Gasteiger charge is 2.20. The normalized spacial score (nSPS) is 10.5. The van der Waals surface area contributed by atoms with Crippen molar-refractivity contribution >= 4 is 46.6 Å². The van der Waals surface area contributed by atoms with E-state index in [4.69, 9.17) is 27.9 Å². The molecule has 0 radical (unpaired) electrons. The lowest BCUT2D eigenvalue weighted by Gasteiger charge is -2.15. The van der Waals surface area contributed by atoms with Crippen molar-refractivity contribution in [2.45, 2.75) is 6.92 Å². The molecular weight excluding hydrogens is 415 g/mol. The Morgan fingerprint density at radius 2 is 2.07 bits per heavy atom. The summed E-state index contributed by atoms with van der Waals surface area (Å²) < 4.78 is 5.45. The fraction of sp³-hybridized carbons (Fsp3) is 0.100. The molecule has 0 unspecified atom stereocenters. The number of aromatic nitrogens is 2. The fourth-order valence-corrected chi connectivity index (χ4v) is 3.30. The van der Waals surface area contributed by atoms with Crippen LogP contribution in [0.3, 0.4) is 0 Å². The molecule has 0 saturated carbocycles. The molecule has 9 heteroatoms. The van der Waals surface area contributed by atoms with Crippen molar-refractivity contribution in [3.8, 4) is 17.0 Å². The van der Waals surface area contributed by atoms with E-state index in [-0.39, 0.29) is 16.7 Å². The maximum absolute atomic E-state index is 11.4. The highest BCUT2D eigenvalue weighted by Crippen LogP contribution is 2.43. The molecule has 2 aromatic carbocycles. The quantitative estimate of drug-likeness (QED) is 0.377. The Balaban J connectivity index is 2.13. The van der Waals surface area contributed by atoms with Gasteiger partial charge in [-0.3, -0.25) is 10.1 Å².